The van der Waals surface area contributed by atoms with Crippen molar-refractivity contribution in [2.24, 2.45) is 0 Å². The zero-order valence-electron chi connectivity index (χ0n) is 26.5. The van der Waals surface area contributed by atoms with Crippen LogP contribution >= 0.6 is 11.3 Å². The monoisotopic (exact) mass is 640 g/mol. The smallest absolute Gasteiger partial charge is 0.0719 e. The SMILES string of the molecule is c1ccc(-n2c3cc4c(cc3c3ccc5c6ccccc6sc5c32)c2ccccc2n4-c2ccc(-c3ccc4ccccc4c3)cc2)cc1. The molecule has 0 spiro atoms. The summed E-state index contributed by atoms with van der Waals surface area (Å²) in [6.07, 6.45) is 0. The molecule has 0 aliphatic rings. The van der Waals surface area contributed by atoms with E-state index in [1.807, 2.05) is 11.3 Å². The fourth-order valence-corrected chi connectivity index (χ4v) is 9.27. The van der Waals surface area contributed by atoms with Crippen molar-refractivity contribution in [2.75, 3.05) is 0 Å². The standard InChI is InChI=1S/C46H28N2S/c1-2-12-33(13-3-1)48-43-28-42-39(27-40(43)37-24-25-38-36-15-7-9-17-44(36)49-46(38)45(37)48)35-14-6-8-16-41(35)47(42)34-22-20-30(21-23-34)32-19-18-29-10-4-5-11-31(29)26-32/h1-28H. The Morgan fingerprint density at radius 2 is 1.00 bits per heavy atom. The molecule has 0 bridgehead atoms. The topological polar surface area (TPSA) is 9.86 Å². The number of fused-ring (bicyclic) bond motifs is 11. The summed E-state index contributed by atoms with van der Waals surface area (Å²) in [5.74, 6) is 0. The van der Waals surface area contributed by atoms with E-state index >= 15 is 0 Å². The number of hydrogen-bond acceptors (Lipinski definition) is 1. The molecule has 0 N–H and O–H groups in total. The molecule has 8 aromatic carbocycles. The Hall–Kier alpha value is -6.16. The van der Waals surface area contributed by atoms with Gasteiger partial charge in [-0.15, -0.1) is 11.3 Å². The Labute approximate surface area is 286 Å². The van der Waals surface area contributed by atoms with Gasteiger partial charge in [0.05, 0.1) is 26.8 Å². The number of para-hydroxylation sites is 2. The van der Waals surface area contributed by atoms with Gasteiger partial charge >= 0.3 is 0 Å². The summed E-state index contributed by atoms with van der Waals surface area (Å²) >= 11 is 1.90. The Morgan fingerprint density at radius 1 is 0.347 bits per heavy atom. The molecule has 0 amide bonds. The van der Waals surface area contributed by atoms with E-state index in [0.29, 0.717) is 0 Å². The minimum absolute atomic E-state index is 1.16. The van der Waals surface area contributed by atoms with Gasteiger partial charge in [-0.1, -0.05) is 115 Å². The predicted molar refractivity (Wildman–Crippen MR) is 211 cm³/mol. The molecule has 0 saturated heterocycles. The molecule has 228 valence electrons. The largest absolute Gasteiger partial charge is 0.309 e. The van der Waals surface area contributed by atoms with E-state index < -0.39 is 0 Å². The normalized spacial score (nSPS) is 12.1. The molecule has 2 nitrogen and oxygen atoms in total. The summed E-state index contributed by atoms with van der Waals surface area (Å²) in [5.41, 5.74) is 9.70. The molecule has 11 aromatic rings. The first kappa shape index (κ1) is 26.9. The van der Waals surface area contributed by atoms with Crippen molar-refractivity contribution in [3.63, 3.8) is 0 Å². The second kappa shape index (κ2) is 10.2. The number of benzene rings is 8. The van der Waals surface area contributed by atoms with Crippen LogP contribution in [-0.4, -0.2) is 9.13 Å². The number of thiophene rings is 1. The van der Waals surface area contributed by atoms with Crippen LogP contribution in [0.2, 0.25) is 0 Å². The van der Waals surface area contributed by atoms with E-state index in [0.717, 1.165) is 5.69 Å². The van der Waals surface area contributed by atoms with Crippen LogP contribution < -0.4 is 0 Å². The fraction of sp³-hybridized carbons (Fsp3) is 0. The lowest BCUT2D eigenvalue weighted by Crippen LogP contribution is -1.96. The molecule has 0 fully saturated rings. The van der Waals surface area contributed by atoms with Gasteiger partial charge in [0.2, 0.25) is 0 Å². The Kier molecular flexibility index (Phi) is 5.57. The van der Waals surface area contributed by atoms with Gasteiger partial charge in [0, 0.05) is 48.4 Å². The third kappa shape index (κ3) is 3.88. The van der Waals surface area contributed by atoms with Gasteiger partial charge in [-0.3, -0.25) is 0 Å². The summed E-state index contributed by atoms with van der Waals surface area (Å²) < 4.78 is 7.59. The van der Waals surface area contributed by atoms with Gasteiger partial charge in [0.25, 0.3) is 0 Å². The van der Waals surface area contributed by atoms with Crippen molar-refractivity contribution >= 4 is 85.9 Å². The first-order chi connectivity index (χ1) is 24.3. The average molecular weight is 641 g/mol. The highest BCUT2D eigenvalue weighted by molar-refractivity contribution is 7.26. The first-order valence-electron chi connectivity index (χ1n) is 16.8. The predicted octanol–water partition coefficient (Wildman–Crippen LogP) is 13.1. The van der Waals surface area contributed by atoms with Gasteiger partial charge in [0.15, 0.2) is 0 Å². The molecule has 0 saturated carbocycles. The van der Waals surface area contributed by atoms with Crippen LogP contribution in [0.1, 0.15) is 0 Å². The lowest BCUT2D eigenvalue weighted by molar-refractivity contribution is 1.17. The first-order valence-corrected chi connectivity index (χ1v) is 17.6. The van der Waals surface area contributed by atoms with Crippen LogP contribution in [0.5, 0.6) is 0 Å². The van der Waals surface area contributed by atoms with Crippen molar-refractivity contribution < 1.29 is 0 Å². The summed E-state index contributed by atoms with van der Waals surface area (Å²) in [7, 11) is 0. The summed E-state index contributed by atoms with van der Waals surface area (Å²) in [6.45, 7) is 0. The molecular formula is C46H28N2S. The molecule has 0 atom stereocenters. The van der Waals surface area contributed by atoms with Crippen LogP contribution in [0.3, 0.4) is 0 Å². The van der Waals surface area contributed by atoms with Crippen LogP contribution in [0.15, 0.2) is 170 Å². The molecule has 3 heterocycles. The van der Waals surface area contributed by atoms with Crippen molar-refractivity contribution in [1.29, 1.82) is 0 Å². The molecular weight excluding hydrogens is 613 g/mol. The van der Waals surface area contributed by atoms with E-state index in [9.17, 15) is 0 Å². The second-order valence-electron chi connectivity index (χ2n) is 13.0. The highest BCUT2D eigenvalue weighted by atomic mass is 32.1. The van der Waals surface area contributed by atoms with Gasteiger partial charge in [-0.05, 0) is 76.5 Å². The highest BCUT2D eigenvalue weighted by Crippen LogP contribution is 2.45. The molecule has 0 aliphatic carbocycles. The second-order valence-corrected chi connectivity index (χ2v) is 14.0. The maximum atomic E-state index is 2.49. The number of nitrogens with zero attached hydrogens (tertiary/aromatic N) is 2. The summed E-state index contributed by atoms with van der Waals surface area (Å²) in [6, 6.07) is 62.4. The number of rotatable bonds is 3. The summed E-state index contributed by atoms with van der Waals surface area (Å²) in [5, 5.41) is 10.3. The molecule has 0 aliphatic heterocycles. The maximum Gasteiger partial charge on any atom is 0.0719 e. The zero-order valence-corrected chi connectivity index (χ0v) is 27.3. The highest BCUT2D eigenvalue weighted by Gasteiger charge is 2.21. The Bertz CT molecular complexity index is 3090. The Balaban J connectivity index is 1.20. The zero-order chi connectivity index (χ0) is 32.1. The lowest BCUT2D eigenvalue weighted by atomic mass is 10.0. The summed E-state index contributed by atoms with van der Waals surface area (Å²) in [4.78, 5) is 0. The van der Waals surface area contributed by atoms with Crippen molar-refractivity contribution in [3.8, 4) is 22.5 Å². The lowest BCUT2D eigenvalue weighted by Gasteiger charge is -2.11. The molecule has 11 rings (SSSR count). The molecule has 0 unspecified atom stereocenters. The molecule has 0 radical (unpaired) electrons. The van der Waals surface area contributed by atoms with E-state index in [1.54, 1.807) is 0 Å². The fourth-order valence-electron chi connectivity index (χ4n) is 8.03. The average Bonchev–Trinajstić information content (AvgIpc) is 3.81. The molecule has 3 heteroatoms. The van der Waals surface area contributed by atoms with E-state index in [1.165, 1.54) is 91.4 Å². The minimum Gasteiger partial charge on any atom is -0.309 e. The minimum atomic E-state index is 1.16. The maximum absolute atomic E-state index is 2.49. The van der Waals surface area contributed by atoms with Gasteiger partial charge in [-0.2, -0.15) is 0 Å². The molecule has 49 heavy (non-hydrogen) atoms. The van der Waals surface area contributed by atoms with Gasteiger partial charge in [-0.25, -0.2) is 0 Å². The van der Waals surface area contributed by atoms with E-state index in [-0.39, 0.29) is 0 Å². The Morgan fingerprint density at radius 3 is 1.88 bits per heavy atom. The number of hydrogen-bond donors (Lipinski definition) is 0. The van der Waals surface area contributed by atoms with Crippen molar-refractivity contribution in [3.05, 3.63) is 170 Å². The third-order valence-electron chi connectivity index (χ3n) is 10.3. The van der Waals surface area contributed by atoms with Crippen LogP contribution in [0.25, 0.3) is 97.1 Å². The van der Waals surface area contributed by atoms with E-state index in [4.69, 9.17) is 0 Å². The third-order valence-corrected chi connectivity index (χ3v) is 11.5. The van der Waals surface area contributed by atoms with Crippen LogP contribution in [0.4, 0.5) is 0 Å². The molecule has 3 aromatic heterocycles. The van der Waals surface area contributed by atoms with Crippen molar-refractivity contribution in [1.82, 2.24) is 9.13 Å². The number of aromatic nitrogens is 2. The van der Waals surface area contributed by atoms with Crippen LogP contribution in [-0.2, 0) is 0 Å². The quantitative estimate of drug-likeness (QED) is 0.182. The van der Waals surface area contributed by atoms with Gasteiger partial charge in [0.1, 0.15) is 0 Å². The van der Waals surface area contributed by atoms with Crippen LogP contribution in [0, 0.1) is 0 Å². The van der Waals surface area contributed by atoms with E-state index in [2.05, 4.69) is 179 Å². The van der Waals surface area contributed by atoms with Gasteiger partial charge < -0.3 is 9.13 Å². The van der Waals surface area contributed by atoms with Crippen molar-refractivity contribution in [2.45, 2.75) is 0 Å².